The number of hydrogen-bond acceptors (Lipinski definition) is 4. The van der Waals surface area contributed by atoms with Gasteiger partial charge in [-0.1, -0.05) is 0 Å². The molecule has 1 aliphatic rings. The molecule has 1 fully saturated rings. The quantitative estimate of drug-likeness (QED) is 0.412. The summed E-state index contributed by atoms with van der Waals surface area (Å²) in [4.78, 5) is 22.1. The lowest BCUT2D eigenvalue weighted by molar-refractivity contribution is -0.128. The molecular formula is C8H15N3O3. The largest absolute Gasteiger partial charge is 0.392 e. The average Bonchev–Trinajstić information content (AvgIpc) is 2.51. The maximum atomic E-state index is 11.4. The third-order valence-electron chi connectivity index (χ3n) is 2.21. The molecule has 6 heteroatoms. The van der Waals surface area contributed by atoms with Crippen LogP contribution in [0.2, 0.25) is 0 Å². The summed E-state index contributed by atoms with van der Waals surface area (Å²) < 4.78 is 0. The Morgan fingerprint density at radius 2 is 2.29 bits per heavy atom. The minimum atomic E-state index is -0.679. The van der Waals surface area contributed by atoms with Crippen molar-refractivity contribution < 1.29 is 14.7 Å². The molecule has 0 saturated carbocycles. The maximum absolute atomic E-state index is 11.4. The van der Waals surface area contributed by atoms with Gasteiger partial charge in [0.15, 0.2) is 0 Å². The molecule has 80 valence electrons. The highest BCUT2D eigenvalue weighted by Gasteiger charge is 2.29. The lowest BCUT2D eigenvalue weighted by Gasteiger charge is -2.14. The highest BCUT2D eigenvalue weighted by Crippen LogP contribution is 2.06. The van der Waals surface area contributed by atoms with Crippen molar-refractivity contribution in [3.63, 3.8) is 0 Å². The second kappa shape index (κ2) is 4.39. The Hall–Kier alpha value is -1.14. The lowest BCUT2D eigenvalue weighted by Crippen LogP contribution is -2.48. The van der Waals surface area contributed by atoms with E-state index < -0.39 is 24.1 Å². The van der Waals surface area contributed by atoms with Crippen LogP contribution in [0.5, 0.6) is 0 Å². The molecule has 14 heavy (non-hydrogen) atoms. The van der Waals surface area contributed by atoms with E-state index in [9.17, 15) is 9.59 Å². The van der Waals surface area contributed by atoms with Gasteiger partial charge in [-0.2, -0.15) is 0 Å². The van der Waals surface area contributed by atoms with Gasteiger partial charge in [0.05, 0.1) is 12.1 Å². The minimum Gasteiger partial charge on any atom is -0.392 e. The number of carbonyl (C=O) groups excluding carboxylic acids is 2. The topological polar surface area (TPSA) is 104 Å². The van der Waals surface area contributed by atoms with Gasteiger partial charge in [0.1, 0.15) is 6.04 Å². The van der Waals surface area contributed by atoms with Crippen LogP contribution in [0.15, 0.2) is 0 Å². The third kappa shape index (κ3) is 2.68. The molecule has 6 nitrogen and oxygen atoms in total. The van der Waals surface area contributed by atoms with Gasteiger partial charge >= 0.3 is 0 Å². The van der Waals surface area contributed by atoms with E-state index in [1.807, 2.05) is 0 Å². The van der Waals surface area contributed by atoms with E-state index in [1.165, 1.54) is 6.92 Å². The van der Waals surface area contributed by atoms with Crippen molar-refractivity contribution in [3.8, 4) is 0 Å². The molecule has 5 N–H and O–H groups in total. The fourth-order valence-corrected chi connectivity index (χ4v) is 1.30. The van der Waals surface area contributed by atoms with Crippen molar-refractivity contribution in [2.45, 2.75) is 31.5 Å². The highest BCUT2D eigenvalue weighted by atomic mass is 16.3. The predicted octanol–water partition coefficient (Wildman–Crippen LogP) is -2.30. The zero-order valence-electron chi connectivity index (χ0n) is 7.99. The number of rotatable bonds is 3. The summed E-state index contributed by atoms with van der Waals surface area (Å²) >= 11 is 0. The maximum Gasteiger partial charge on any atom is 0.239 e. The van der Waals surface area contributed by atoms with Gasteiger partial charge in [-0.15, -0.1) is 0 Å². The van der Waals surface area contributed by atoms with Crippen LogP contribution in [-0.2, 0) is 9.59 Å². The lowest BCUT2D eigenvalue weighted by atomic mass is 10.2. The van der Waals surface area contributed by atoms with E-state index >= 15 is 0 Å². The van der Waals surface area contributed by atoms with Gasteiger partial charge in [0.2, 0.25) is 11.8 Å². The van der Waals surface area contributed by atoms with E-state index in [4.69, 9.17) is 10.8 Å². The van der Waals surface area contributed by atoms with Gasteiger partial charge in [0, 0.05) is 6.54 Å². The number of aliphatic hydroxyl groups is 1. The van der Waals surface area contributed by atoms with E-state index in [-0.39, 0.29) is 5.91 Å². The molecular weight excluding hydrogens is 186 g/mol. The van der Waals surface area contributed by atoms with E-state index in [2.05, 4.69) is 10.6 Å². The molecule has 0 spiro atoms. The number of amides is 2. The first kappa shape index (κ1) is 10.9. The van der Waals surface area contributed by atoms with Crippen molar-refractivity contribution in [2.24, 2.45) is 5.73 Å². The zero-order chi connectivity index (χ0) is 10.7. The summed E-state index contributed by atoms with van der Waals surface area (Å²) in [5.74, 6) is -0.871. The SMILES string of the molecule is C[C@H](NC(=O)[C@H]1C[C@H](O)CN1)C(N)=O. The van der Waals surface area contributed by atoms with Crippen molar-refractivity contribution in [1.82, 2.24) is 10.6 Å². The van der Waals surface area contributed by atoms with Crippen molar-refractivity contribution >= 4 is 11.8 Å². The van der Waals surface area contributed by atoms with Gasteiger partial charge in [-0.3, -0.25) is 9.59 Å². The Bertz CT molecular complexity index is 244. The Morgan fingerprint density at radius 3 is 2.71 bits per heavy atom. The standard InChI is InChI=1S/C8H15N3O3/c1-4(7(9)13)11-8(14)6-2-5(12)3-10-6/h4-6,10,12H,2-3H2,1H3,(H2,9,13)(H,11,14)/t4-,5-,6+/m0/s1. The van der Waals surface area contributed by atoms with Gasteiger partial charge < -0.3 is 21.5 Å². The smallest absolute Gasteiger partial charge is 0.239 e. The van der Waals surface area contributed by atoms with Gasteiger partial charge in [-0.05, 0) is 13.3 Å². The number of primary amides is 1. The highest BCUT2D eigenvalue weighted by molar-refractivity contribution is 5.88. The summed E-state index contributed by atoms with van der Waals surface area (Å²) in [5, 5.41) is 14.4. The first-order valence-electron chi connectivity index (χ1n) is 4.52. The van der Waals surface area contributed by atoms with Crippen LogP contribution < -0.4 is 16.4 Å². The molecule has 0 aliphatic carbocycles. The molecule has 0 aromatic rings. The number of nitrogens with one attached hydrogen (secondary N) is 2. The summed E-state index contributed by atoms with van der Waals surface area (Å²) in [5.41, 5.74) is 4.99. The third-order valence-corrected chi connectivity index (χ3v) is 2.21. The normalized spacial score (nSPS) is 28.4. The molecule has 2 amide bonds. The van der Waals surface area contributed by atoms with E-state index in [1.54, 1.807) is 0 Å². The average molecular weight is 201 g/mol. The molecule has 0 unspecified atom stereocenters. The second-order valence-corrected chi connectivity index (χ2v) is 3.48. The van der Waals surface area contributed by atoms with Gasteiger partial charge in [-0.25, -0.2) is 0 Å². The fourth-order valence-electron chi connectivity index (χ4n) is 1.30. The molecule has 0 aromatic heterocycles. The summed E-state index contributed by atoms with van der Waals surface area (Å²) in [6.07, 6.45) is -0.119. The Balaban J connectivity index is 2.39. The molecule has 1 rings (SSSR count). The molecule has 3 atom stereocenters. The van der Waals surface area contributed by atoms with Crippen LogP contribution in [0.1, 0.15) is 13.3 Å². The van der Waals surface area contributed by atoms with Crippen molar-refractivity contribution in [1.29, 1.82) is 0 Å². The summed E-state index contributed by atoms with van der Waals surface area (Å²) in [6, 6.07) is -1.10. The first-order valence-corrected chi connectivity index (χ1v) is 4.52. The van der Waals surface area contributed by atoms with Crippen LogP contribution in [0.3, 0.4) is 0 Å². The Labute approximate surface area is 81.8 Å². The summed E-state index contributed by atoms with van der Waals surface area (Å²) in [7, 11) is 0. The Morgan fingerprint density at radius 1 is 1.64 bits per heavy atom. The van der Waals surface area contributed by atoms with Crippen LogP contribution in [0, 0.1) is 0 Å². The van der Waals surface area contributed by atoms with Crippen molar-refractivity contribution in [2.75, 3.05) is 6.54 Å². The molecule has 1 heterocycles. The molecule has 0 bridgehead atoms. The predicted molar refractivity (Wildman–Crippen MR) is 49.2 cm³/mol. The molecule has 1 saturated heterocycles. The number of β-amino-alcohol motifs (C(OH)–C–C–N with tert-alkyl or cyclic N) is 1. The number of aliphatic hydroxyl groups excluding tert-OH is 1. The van der Waals surface area contributed by atoms with Crippen LogP contribution in [-0.4, -0.2) is 41.7 Å². The second-order valence-electron chi connectivity index (χ2n) is 3.48. The molecule has 0 aromatic carbocycles. The van der Waals surface area contributed by atoms with Crippen LogP contribution in [0.25, 0.3) is 0 Å². The Kier molecular flexibility index (Phi) is 3.43. The number of hydrogen-bond donors (Lipinski definition) is 4. The van der Waals surface area contributed by atoms with Crippen LogP contribution >= 0.6 is 0 Å². The van der Waals surface area contributed by atoms with E-state index in [0.717, 1.165) is 0 Å². The zero-order valence-corrected chi connectivity index (χ0v) is 7.99. The van der Waals surface area contributed by atoms with Gasteiger partial charge in [0.25, 0.3) is 0 Å². The minimum absolute atomic E-state index is 0.298. The molecule has 1 aliphatic heterocycles. The first-order chi connectivity index (χ1) is 6.50. The number of nitrogens with two attached hydrogens (primary N) is 1. The van der Waals surface area contributed by atoms with E-state index in [0.29, 0.717) is 13.0 Å². The number of carbonyl (C=O) groups is 2. The molecule has 0 radical (unpaired) electrons. The van der Waals surface area contributed by atoms with Crippen molar-refractivity contribution in [3.05, 3.63) is 0 Å². The van der Waals surface area contributed by atoms with Crippen LogP contribution in [0.4, 0.5) is 0 Å². The fraction of sp³-hybridized carbons (Fsp3) is 0.750. The monoisotopic (exact) mass is 201 g/mol. The summed E-state index contributed by atoms with van der Waals surface area (Å²) in [6.45, 7) is 1.93.